The van der Waals surface area contributed by atoms with Crippen LogP contribution in [0.3, 0.4) is 0 Å². The number of hydrogen-bond acceptors (Lipinski definition) is 5. The van der Waals surface area contributed by atoms with Gasteiger partial charge in [0.15, 0.2) is 5.16 Å². The molecular formula is C20H21ClN2O2S2. The Morgan fingerprint density at radius 2 is 2.11 bits per heavy atom. The predicted octanol–water partition coefficient (Wildman–Crippen LogP) is 5.18. The fourth-order valence-electron chi connectivity index (χ4n) is 3.46. The van der Waals surface area contributed by atoms with E-state index in [1.807, 2.05) is 31.2 Å². The van der Waals surface area contributed by atoms with Gasteiger partial charge in [-0.2, -0.15) is 0 Å². The zero-order valence-corrected chi connectivity index (χ0v) is 17.6. The molecule has 0 aliphatic heterocycles. The van der Waals surface area contributed by atoms with Crippen molar-refractivity contribution in [2.24, 2.45) is 0 Å². The monoisotopic (exact) mass is 420 g/mol. The Hall–Kier alpha value is -1.50. The van der Waals surface area contributed by atoms with Crippen molar-refractivity contribution in [1.29, 1.82) is 0 Å². The van der Waals surface area contributed by atoms with Gasteiger partial charge in [0.2, 0.25) is 0 Å². The third-order valence-electron chi connectivity index (χ3n) is 4.76. The van der Waals surface area contributed by atoms with E-state index in [1.54, 1.807) is 27.7 Å². The van der Waals surface area contributed by atoms with E-state index in [9.17, 15) is 4.79 Å². The third-order valence-corrected chi connectivity index (χ3v) is 7.20. The molecule has 0 saturated heterocycles. The molecule has 4 rings (SSSR count). The maximum absolute atomic E-state index is 13.1. The Kier molecular flexibility index (Phi) is 5.76. The summed E-state index contributed by atoms with van der Waals surface area (Å²) in [5.41, 5.74) is 1.36. The zero-order valence-electron chi connectivity index (χ0n) is 15.2. The van der Waals surface area contributed by atoms with Crippen molar-refractivity contribution in [2.45, 2.75) is 44.3 Å². The van der Waals surface area contributed by atoms with Crippen LogP contribution in [0.1, 0.15) is 30.2 Å². The number of aromatic nitrogens is 2. The number of aryl methyl sites for hydroxylation is 2. The van der Waals surface area contributed by atoms with Crippen molar-refractivity contribution >= 4 is 44.9 Å². The van der Waals surface area contributed by atoms with Crippen molar-refractivity contribution in [3.63, 3.8) is 0 Å². The quantitative estimate of drug-likeness (QED) is 0.313. The summed E-state index contributed by atoms with van der Waals surface area (Å²) in [6.07, 6.45) is 4.47. The number of nitrogens with zero attached hydrogens (tertiary/aromatic N) is 2. The molecule has 7 heteroatoms. The molecule has 27 heavy (non-hydrogen) atoms. The van der Waals surface area contributed by atoms with Gasteiger partial charge in [0.05, 0.1) is 17.0 Å². The average Bonchev–Trinajstić information content (AvgIpc) is 3.05. The second-order valence-corrected chi connectivity index (χ2v) is 9.02. The van der Waals surface area contributed by atoms with Crippen LogP contribution in [0.5, 0.6) is 5.75 Å². The maximum atomic E-state index is 13.1. The minimum absolute atomic E-state index is 0.108. The molecule has 1 aromatic carbocycles. The van der Waals surface area contributed by atoms with Crippen molar-refractivity contribution in [1.82, 2.24) is 9.55 Å². The van der Waals surface area contributed by atoms with Gasteiger partial charge in [-0.05, 0) is 50.3 Å². The van der Waals surface area contributed by atoms with E-state index < -0.39 is 0 Å². The van der Waals surface area contributed by atoms with E-state index in [0.717, 1.165) is 28.2 Å². The van der Waals surface area contributed by atoms with Crippen molar-refractivity contribution in [3.05, 3.63) is 50.1 Å². The van der Waals surface area contributed by atoms with Gasteiger partial charge in [0.1, 0.15) is 10.6 Å². The Morgan fingerprint density at radius 1 is 1.30 bits per heavy atom. The topological polar surface area (TPSA) is 44.1 Å². The first kappa shape index (κ1) is 18.8. The number of thiophene rings is 1. The summed E-state index contributed by atoms with van der Waals surface area (Å²) in [5, 5.41) is 2.24. The van der Waals surface area contributed by atoms with Crippen LogP contribution in [-0.4, -0.2) is 21.9 Å². The first-order valence-corrected chi connectivity index (χ1v) is 11.4. The Bertz CT molecular complexity index is 1030. The molecule has 1 aliphatic carbocycles. The average molecular weight is 421 g/mol. The lowest BCUT2D eigenvalue weighted by Gasteiger charge is -2.12. The highest BCUT2D eigenvalue weighted by Gasteiger charge is 2.21. The zero-order chi connectivity index (χ0) is 18.8. The van der Waals surface area contributed by atoms with Crippen LogP contribution in [0.4, 0.5) is 0 Å². The largest absolute Gasteiger partial charge is 0.491 e. The summed E-state index contributed by atoms with van der Waals surface area (Å²) < 4.78 is 7.55. The minimum Gasteiger partial charge on any atom is -0.491 e. The van der Waals surface area contributed by atoms with Crippen LogP contribution in [0, 0.1) is 0 Å². The molecule has 1 aliphatic rings. The second-order valence-electron chi connectivity index (χ2n) is 6.46. The van der Waals surface area contributed by atoms with Gasteiger partial charge < -0.3 is 4.74 Å². The van der Waals surface area contributed by atoms with E-state index in [0.29, 0.717) is 29.7 Å². The summed E-state index contributed by atoms with van der Waals surface area (Å²) in [7, 11) is 0. The minimum atomic E-state index is 0.108. The standard InChI is InChI=1S/C20H21ClN2O2S2/c1-2-23-19(24)17-13-7-3-6-10-16(13)27-18(17)22-20(23)26-12-11-25-15-9-5-4-8-14(15)21/h4-5,8-9H,2-3,6-7,10-12H2,1H3. The fourth-order valence-corrected chi connectivity index (χ4v) is 5.83. The summed E-state index contributed by atoms with van der Waals surface area (Å²) >= 11 is 9.38. The van der Waals surface area contributed by atoms with E-state index in [1.165, 1.54) is 23.3 Å². The van der Waals surface area contributed by atoms with Gasteiger partial charge in [-0.3, -0.25) is 9.36 Å². The van der Waals surface area contributed by atoms with Crippen LogP contribution in [0.2, 0.25) is 5.02 Å². The lowest BCUT2D eigenvalue weighted by molar-refractivity contribution is 0.344. The van der Waals surface area contributed by atoms with Crippen LogP contribution < -0.4 is 10.3 Å². The number of thioether (sulfide) groups is 1. The molecule has 0 fully saturated rings. The van der Waals surface area contributed by atoms with Crippen molar-refractivity contribution in [2.75, 3.05) is 12.4 Å². The second kappa shape index (κ2) is 8.25. The predicted molar refractivity (Wildman–Crippen MR) is 114 cm³/mol. The van der Waals surface area contributed by atoms with E-state index in [-0.39, 0.29) is 5.56 Å². The SMILES string of the molecule is CCn1c(SCCOc2ccccc2Cl)nc2sc3c(c2c1=O)CCCC3. The Balaban J connectivity index is 1.54. The molecule has 2 aromatic heterocycles. The molecule has 2 heterocycles. The molecule has 0 saturated carbocycles. The van der Waals surface area contributed by atoms with Crippen molar-refractivity contribution in [3.8, 4) is 5.75 Å². The van der Waals surface area contributed by atoms with Crippen molar-refractivity contribution < 1.29 is 4.74 Å². The van der Waals surface area contributed by atoms with Gasteiger partial charge >= 0.3 is 0 Å². The number of benzene rings is 1. The van der Waals surface area contributed by atoms with E-state index in [2.05, 4.69) is 0 Å². The number of rotatable bonds is 6. The lowest BCUT2D eigenvalue weighted by atomic mass is 9.97. The van der Waals surface area contributed by atoms with E-state index >= 15 is 0 Å². The van der Waals surface area contributed by atoms with Crippen LogP contribution in [0.15, 0.2) is 34.2 Å². The molecule has 0 radical (unpaired) electrons. The normalized spacial score (nSPS) is 13.7. The lowest BCUT2D eigenvalue weighted by Crippen LogP contribution is -2.23. The third kappa shape index (κ3) is 3.75. The van der Waals surface area contributed by atoms with Gasteiger partial charge in [-0.25, -0.2) is 4.98 Å². The first-order valence-electron chi connectivity index (χ1n) is 9.24. The highest BCUT2D eigenvalue weighted by Crippen LogP contribution is 2.34. The summed E-state index contributed by atoms with van der Waals surface area (Å²) in [5.74, 6) is 1.39. The number of para-hydroxylation sites is 1. The smallest absolute Gasteiger partial charge is 0.263 e. The summed E-state index contributed by atoms with van der Waals surface area (Å²) in [6.45, 7) is 3.13. The summed E-state index contributed by atoms with van der Waals surface area (Å²) in [6, 6.07) is 7.45. The fraction of sp³-hybridized carbons (Fsp3) is 0.400. The van der Waals surface area contributed by atoms with Crippen LogP contribution >= 0.6 is 34.7 Å². The molecule has 0 spiro atoms. The molecule has 0 N–H and O–H groups in total. The number of halogens is 1. The highest BCUT2D eigenvalue weighted by atomic mass is 35.5. The van der Waals surface area contributed by atoms with Crippen LogP contribution in [0.25, 0.3) is 10.2 Å². The van der Waals surface area contributed by atoms with Gasteiger partial charge in [-0.1, -0.05) is 35.5 Å². The number of ether oxygens (including phenoxy) is 1. The molecular weight excluding hydrogens is 400 g/mol. The van der Waals surface area contributed by atoms with Gasteiger partial charge in [0.25, 0.3) is 5.56 Å². The Morgan fingerprint density at radius 3 is 2.93 bits per heavy atom. The number of hydrogen-bond donors (Lipinski definition) is 0. The maximum Gasteiger partial charge on any atom is 0.263 e. The highest BCUT2D eigenvalue weighted by molar-refractivity contribution is 7.99. The van der Waals surface area contributed by atoms with Gasteiger partial charge in [0, 0.05) is 17.2 Å². The molecule has 0 atom stereocenters. The molecule has 142 valence electrons. The first-order chi connectivity index (χ1) is 13.2. The molecule has 0 bridgehead atoms. The Labute approximate surface area is 171 Å². The molecule has 0 unspecified atom stereocenters. The number of fused-ring (bicyclic) bond motifs is 3. The molecule has 4 nitrogen and oxygen atoms in total. The molecule has 3 aromatic rings. The van der Waals surface area contributed by atoms with Crippen LogP contribution in [-0.2, 0) is 19.4 Å². The van der Waals surface area contributed by atoms with E-state index in [4.69, 9.17) is 21.3 Å². The molecule has 0 amide bonds. The van der Waals surface area contributed by atoms with Gasteiger partial charge in [-0.15, -0.1) is 11.3 Å². The summed E-state index contributed by atoms with van der Waals surface area (Å²) in [4.78, 5) is 20.2.